The van der Waals surface area contributed by atoms with Crippen molar-refractivity contribution in [3.05, 3.63) is 47.3 Å². The molecule has 2 saturated heterocycles. The third-order valence-corrected chi connectivity index (χ3v) is 10.9. The Hall–Kier alpha value is -3.44. The summed E-state index contributed by atoms with van der Waals surface area (Å²) in [7, 11) is 2.03. The van der Waals surface area contributed by atoms with E-state index in [1.807, 2.05) is 57.0 Å². The molecule has 5 rings (SSSR count). The lowest BCUT2D eigenvalue weighted by Gasteiger charge is -2.38. The molecule has 10 nitrogen and oxygen atoms in total. The Morgan fingerprint density at radius 2 is 1.58 bits per heavy atom. The number of nitrogens with zero attached hydrogens (tertiary/aromatic N) is 4. The predicted octanol–water partition coefficient (Wildman–Crippen LogP) is 5.50. The molecule has 276 valence electrons. The van der Waals surface area contributed by atoms with Crippen molar-refractivity contribution in [2.75, 3.05) is 64.3 Å². The summed E-state index contributed by atoms with van der Waals surface area (Å²) in [6, 6.07) is 4.92. The van der Waals surface area contributed by atoms with Crippen LogP contribution < -0.4 is 4.90 Å². The van der Waals surface area contributed by atoms with Crippen molar-refractivity contribution in [1.82, 2.24) is 14.7 Å². The van der Waals surface area contributed by atoms with Crippen molar-refractivity contribution >= 4 is 29.7 Å². The zero-order valence-electron chi connectivity index (χ0n) is 30.4. The molecule has 3 heterocycles. The van der Waals surface area contributed by atoms with Gasteiger partial charge in [0.25, 0.3) is 0 Å². The normalized spacial score (nSPS) is 29.1. The molecule has 0 bridgehead atoms. The number of ether oxygens (including phenoxy) is 2. The Morgan fingerprint density at radius 3 is 2.28 bits per heavy atom. The number of carbonyl (C=O) groups is 3. The molecule has 1 N–H and O–H groups in total. The van der Waals surface area contributed by atoms with Gasteiger partial charge in [-0.15, -0.1) is 0 Å². The van der Waals surface area contributed by atoms with Gasteiger partial charge in [-0.2, -0.15) is 0 Å². The van der Waals surface area contributed by atoms with Crippen molar-refractivity contribution in [2.24, 2.45) is 17.8 Å². The largest absolute Gasteiger partial charge is 0.457 e. The van der Waals surface area contributed by atoms with Gasteiger partial charge in [-0.3, -0.25) is 9.59 Å². The van der Waals surface area contributed by atoms with Crippen LogP contribution in [0.2, 0.25) is 0 Å². The first-order valence-electron chi connectivity index (χ1n) is 18.7. The highest BCUT2D eigenvalue weighted by molar-refractivity contribution is 5.79. The monoisotopic (exact) mass is 696 g/mol. The van der Waals surface area contributed by atoms with E-state index in [9.17, 15) is 19.5 Å². The second kappa shape index (κ2) is 17.7. The summed E-state index contributed by atoms with van der Waals surface area (Å²) in [5, 5.41) is 10.7. The van der Waals surface area contributed by atoms with Gasteiger partial charge in [-0.1, -0.05) is 45.3 Å². The minimum atomic E-state index is -0.883. The van der Waals surface area contributed by atoms with E-state index in [0.29, 0.717) is 57.7 Å². The quantitative estimate of drug-likeness (QED) is 0.319. The van der Waals surface area contributed by atoms with Crippen molar-refractivity contribution in [3.63, 3.8) is 0 Å². The van der Waals surface area contributed by atoms with Crippen LogP contribution >= 0.6 is 0 Å². The molecule has 0 radical (unpaired) electrons. The van der Waals surface area contributed by atoms with Crippen LogP contribution in [-0.4, -0.2) is 115 Å². The lowest BCUT2D eigenvalue weighted by atomic mass is 9.88. The summed E-state index contributed by atoms with van der Waals surface area (Å²) >= 11 is 0. The fraction of sp³-hybridized carbons (Fsp3) is 0.667. The molecule has 2 amide bonds. The van der Waals surface area contributed by atoms with Gasteiger partial charge in [0.05, 0.1) is 12.5 Å². The van der Waals surface area contributed by atoms with Crippen LogP contribution in [0, 0.1) is 23.6 Å². The van der Waals surface area contributed by atoms with Crippen molar-refractivity contribution in [2.45, 2.75) is 90.4 Å². The topological polar surface area (TPSA) is 103 Å². The number of hydrogen-bond acceptors (Lipinski definition) is 8. The van der Waals surface area contributed by atoms with E-state index in [2.05, 4.69) is 9.80 Å². The molecular weight excluding hydrogens is 639 g/mol. The Morgan fingerprint density at radius 1 is 0.900 bits per heavy atom. The van der Waals surface area contributed by atoms with Crippen molar-refractivity contribution in [3.8, 4) is 0 Å². The Kier molecular flexibility index (Phi) is 13.4. The van der Waals surface area contributed by atoms with Gasteiger partial charge >= 0.3 is 12.1 Å². The third kappa shape index (κ3) is 10.3. The number of benzene rings is 1. The maximum Gasteiger partial charge on any atom is 0.410 e. The van der Waals surface area contributed by atoms with Crippen molar-refractivity contribution < 1.29 is 33.4 Å². The van der Waals surface area contributed by atoms with Gasteiger partial charge in [0.15, 0.2) is 0 Å². The molecule has 0 spiro atoms. The van der Waals surface area contributed by atoms with E-state index in [1.54, 1.807) is 4.90 Å². The average molecular weight is 697 g/mol. The fourth-order valence-electron chi connectivity index (χ4n) is 7.63. The van der Waals surface area contributed by atoms with Gasteiger partial charge in [0.2, 0.25) is 5.91 Å². The van der Waals surface area contributed by atoms with Gasteiger partial charge in [0, 0.05) is 69.9 Å². The highest BCUT2D eigenvalue weighted by Gasteiger charge is 2.31. The number of halogens is 1. The average Bonchev–Trinajstić information content (AvgIpc) is 3.10. The van der Waals surface area contributed by atoms with Gasteiger partial charge in [0.1, 0.15) is 18.0 Å². The molecule has 50 heavy (non-hydrogen) atoms. The number of cyclic esters (lactones) is 1. The van der Waals surface area contributed by atoms with Crippen molar-refractivity contribution in [1.29, 1.82) is 0 Å². The number of piperazine rings is 2. The van der Waals surface area contributed by atoms with Gasteiger partial charge < -0.3 is 34.2 Å². The minimum absolute atomic E-state index is 0.0759. The summed E-state index contributed by atoms with van der Waals surface area (Å²) in [6.45, 7) is 11.1. The second-order valence-electron chi connectivity index (χ2n) is 15.0. The molecule has 1 saturated carbocycles. The lowest BCUT2D eigenvalue weighted by Crippen LogP contribution is -2.50. The van der Waals surface area contributed by atoms with Crippen LogP contribution in [0.15, 0.2) is 35.9 Å². The summed E-state index contributed by atoms with van der Waals surface area (Å²) < 4.78 is 27.0. The summed E-state index contributed by atoms with van der Waals surface area (Å²) in [5.41, 5.74) is 2.12. The molecule has 3 fully saturated rings. The SMILES string of the molecule is C/C(=C\c1cc(F)cc(N2CCN(C(=O)C3CCCCC3)CC2)c1)[C@H]1OC(=O)C[C@H](O)CC[C@H](C)[C@@H](OC(=O)N2CCN(C)CC2)/C=C/[C@@H]1C. The molecule has 0 aromatic heterocycles. The number of aliphatic hydroxyl groups is 1. The molecule has 1 aliphatic carbocycles. The molecule has 11 heteroatoms. The van der Waals surface area contributed by atoms with Crippen LogP contribution in [0.5, 0.6) is 0 Å². The third-order valence-electron chi connectivity index (χ3n) is 10.9. The highest BCUT2D eigenvalue weighted by atomic mass is 19.1. The van der Waals surface area contributed by atoms with E-state index >= 15 is 4.39 Å². The molecular formula is C39H57FN4O6. The van der Waals surface area contributed by atoms with Gasteiger partial charge in [-0.25, -0.2) is 9.18 Å². The van der Waals surface area contributed by atoms with Gasteiger partial charge in [-0.05, 0) is 81.0 Å². The van der Waals surface area contributed by atoms with E-state index in [4.69, 9.17) is 9.47 Å². The molecule has 1 aromatic carbocycles. The first-order valence-corrected chi connectivity index (χ1v) is 18.7. The maximum absolute atomic E-state index is 15.1. The first kappa shape index (κ1) is 37.8. The van der Waals surface area contributed by atoms with Crippen LogP contribution in [0.3, 0.4) is 0 Å². The number of anilines is 1. The number of hydrogen-bond donors (Lipinski definition) is 1. The Balaban J connectivity index is 1.30. The highest BCUT2D eigenvalue weighted by Crippen LogP contribution is 2.29. The number of amides is 2. The number of rotatable bonds is 5. The van der Waals surface area contributed by atoms with E-state index < -0.39 is 24.3 Å². The van der Waals surface area contributed by atoms with Crippen LogP contribution in [0.4, 0.5) is 14.9 Å². The van der Waals surface area contributed by atoms with E-state index in [1.165, 1.54) is 18.6 Å². The second-order valence-corrected chi connectivity index (χ2v) is 15.0. The minimum Gasteiger partial charge on any atom is -0.457 e. The number of carbonyl (C=O) groups excluding carboxylic acids is 3. The molecule has 1 aromatic rings. The summed E-state index contributed by atoms with van der Waals surface area (Å²) in [6.07, 6.45) is 9.44. The molecule has 4 aliphatic rings. The standard InChI is InChI=1S/C39H57FN4O6/c1-27-10-12-34(45)26-36(46)50-37(28(2)11-13-35(27)49-39(48)44-16-14-41(4)15-17-44)29(3)22-30-23-32(40)25-33(24-30)42-18-20-43(21-19-42)38(47)31-8-6-5-7-9-31/h11,13,22-25,27-28,31,34-35,37,45H,5-10,12,14-21,26H2,1-4H3/b13-11+,29-22+/t27-,28-,34+,35-,37-/m0/s1. The maximum atomic E-state index is 15.1. The van der Waals surface area contributed by atoms with E-state index in [-0.39, 0.29) is 42.0 Å². The van der Waals surface area contributed by atoms with Crippen LogP contribution in [-0.2, 0) is 19.1 Å². The number of esters is 1. The Labute approximate surface area is 297 Å². The number of likely N-dealkylation sites (N-methyl/N-ethyl adjacent to an activating group) is 1. The van der Waals surface area contributed by atoms with E-state index in [0.717, 1.165) is 50.0 Å². The number of aliphatic hydroxyl groups excluding tert-OH is 1. The van der Waals surface area contributed by atoms with Crippen LogP contribution in [0.25, 0.3) is 6.08 Å². The van der Waals surface area contributed by atoms with Crippen LogP contribution in [0.1, 0.15) is 77.7 Å². The first-order chi connectivity index (χ1) is 24.0. The summed E-state index contributed by atoms with van der Waals surface area (Å²) in [5.74, 6) is -0.838. The lowest BCUT2D eigenvalue weighted by molar-refractivity contribution is -0.151. The summed E-state index contributed by atoms with van der Waals surface area (Å²) in [4.78, 5) is 47.2. The smallest absolute Gasteiger partial charge is 0.410 e. The zero-order chi connectivity index (χ0) is 35.8. The predicted molar refractivity (Wildman–Crippen MR) is 192 cm³/mol. The molecule has 5 atom stereocenters. The molecule has 3 aliphatic heterocycles. The molecule has 0 unspecified atom stereocenters. The zero-order valence-corrected chi connectivity index (χ0v) is 30.4. The fourth-order valence-corrected chi connectivity index (χ4v) is 7.63. The Bertz CT molecular complexity index is 1380.